The Morgan fingerprint density at radius 3 is 2.37 bits per heavy atom. The van der Waals surface area contributed by atoms with Crippen LogP contribution in [0.2, 0.25) is 0 Å². The Morgan fingerprint density at radius 1 is 1.32 bits per heavy atom. The second kappa shape index (κ2) is 6.57. The van der Waals surface area contributed by atoms with Crippen molar-refractivity contribution in [2.24, 2.45) is 5.73 Å². The summed E-state index contributed by atoms with van der Waals surface area (Å²) >= 11 is 0. The second-order valence-electron chi connectivity index (χ2n) is 5.22. The second-order valence-corrected chi connectivity index (χ2v) is 5.22. The zero-order valence-electron chi connectivity index (χ0n) is 12.2. The van der Waals surface area contributed by atoms with Crippen LogP contribution >= 0.6 is 0 Å². The molecule has 0 bridgehead atoms. The van der Waals surface area contributed by atoms with Crippen LogP contribution in [0.3, 0.4) is 0 Å². The van der Waals surface area contributed by atoms with E-state index in [2.05, 4.69) is 11.4 Å². The molecular formula is C15H24N2O2. The highest BCUT2D eigenvalue weighted by molar-refractivity contribution is 5.84. The van der Waals surface area contributed by atoms with E-state index in [1.54, 1.807) is 7.05 Å². The van der Waals surface area contributed by atoms with Gasteiger partial charge in [0.05, 0.1) is 12.1 Å². The summed E-state index contributed by atoms with van der Waals surface area (Å²) < 4.78 is 5.71. The lowest BCUT2D eigenvalue weighted by atomic mass is 9.95. The zero-order chi connectivity index (χ0) is 14.5. The predicted octanol–water partition coefficient (Wildman–Crippen LogP) is 1.93. The van der Waals surface area contributed by atoms with Crippen molar-refractivity contribution in [3.63, 3.8) is 0 Å². The largest absolute Gasteiger partial charge is 0.494 e. The molecule has 0 aromatic heterocycles. The van der Waals surface area contributed by atoms with E-state index in [-0.39, 0.29) is 5.91 Å². The van der Waals surface area contributed by atoms with Crippen molar-refractivity contribution >= 4 is 5.91 Å². The van der Waals surface area contributed by atoms with Crippen LogP contribution in [-0.2, 0) is 4.79 Å². The monoisotopic (exact) mass is 264 g/mol. The molecule has 19 heavy (non-hydrogen) atoms. The lowest BCUT2D eigenvalue weighted by Gasteiger charge is -2.25. The van der Waals surface area contributed by atoms with Gasteiger partial charge in [-0.2, -0.15) is 0 Å². The number of nitrogens with one attached hydrogen (secondary N) is 1. The fourth-order valence-corrected chi connectivity index (χ4v) is 2.00. The smallest absolute Gasteiger partial charge is 0.237 e. The number of primary amides is 1. The van der Waals surface area contributed by atoms with Gasteiger partial charge in [0, 0.05) is 0 Å². The normalized spacial score (nSPS) is 13.9. The van der Waals surface area contributed by atoms with Gasteiger partial charge in [-0.1, -0.05) is 6.07 Å². The average molecular weight is 264 g/mol. The maximum atomic E-state index is 11.3. The molecule has 0 saturated heterocycles. The van der Waals surface area contributed by atoms with Crippen molar-refractivity contribution in [3.8, 4) is 5.75 Å². The van der Waals surface area contributed by atoms with Gasteiger partial charge in [0.15, 0.2) is 0 Å². The van der Waals surface area contributed by atoms with E-state index in [9.17, 15) is 4.79 Å². The van der Waals surface area contributed by atoms with Gasteiger partial charge in [-0.05, 0) is 63.9 Å². The third kappa shape index (κ3) is 4.56. The van der Waals surface area contributed by atoms with Crippen molar-refractivity contribution in [1.29, 1.82) is 0 Å². The quantitative estimate of drug-likeness (QED) is 0.740. The van der Waals surface area contributed by atoms with Gasteiger partial charge in [0.2, 0.25) is 5.91 Å². The van der Waals surface area contributed by atoms with Crippen molar-refractivity contribution in [1.82, 2.24) is 5.32 Å². The van der Waals surface area contributed by atoms with Crippen LogP contribution in [0.1, 0.15) is 30.9 Å². The molecule has 0 heterocycles. The summed E-state index contributed by atoms with van der Waals surface area (Å²) in [4.78, 5) is 11.3. The number of carbonyl (C=O) groups excluding carboxylic acids is 1. The van der Waals surface area contributed by atoms with Gasteiger partial charge in [-0.25, -0.2) is 0 Å². The van der Waals surface area contributed by atoms with Crippen molar-refractivity contribution in [3.05, 3.63) is 29.3 Å². The highest BCUT2D eigenvalue weighted by Gasteiger charge is 2.28. The minimum Gasteiger partial charge on any atom is -0.494 e. The molecule has 1 aromatic carbocycles. The maximum Gasteiger partial charge on any atom is 0.237 e. The topological polar surface area (TPSA) is 64.3 Å². The van der Waals surface area contributed by atoms with Crippen molar-refractivity contribution in [2.45, 2.75) is 39.2 Å². The zero-order valence-corrected chi connectivity index (χ0v) is 12.2. The molecule has 0 spiro atoms. The molecule has 1 amide bonds. The van der Waals surface area contributed by atoms with Gasteiger partial charge in [-0.3, -0.25) is 4.79 Å². The fourth-order valence-electron chi connectivity index (χ4n) is 2.00. The van der Waals surface area contributed by atoms with E-state index in [0.717, 1.165) is 12.2 Å². The van der Waals surface area contributed by atoms with Crippen LogP contribution in [0, 0.1) is 13.8 Å². The summed E-state index contributed by atoms with van der Waals surface area (Å²) in [5.74, 6) is 0.545. The minimum atomic E-state index is -0.661. The molecule has 0 saturated carbocycles. The number of ether oxygens (including phenoxy) is 1. The van der Waals surface area contributed by atoms with Gasteiger partial charge in [0.25, 0.3) is 0 Å². The molecule has 0 fully saturated rings. The number of amides is 1. The summed E-state index contributed by atoms with van der Waals surface area (Å²) in [7, 11) is 1.75. The fraction of sp³-hybridized carbons (Fsp3) is 0.533. The van der Waals surface area contributed by atoms with E-state index in [4.69, 9.17) is 10.5 Å². The van der Waals surface area contributed by atoms with Gasteiger partial charge < -0.3 is 15.8 Å². The van der Waals surface area contributed by atoms with E-state index >= 15 is 0 Å². The Balaban J connectivity index is 2.44. The number of aryl methyl sites for hydroxylation is 2. The van der Waals surface area contributed by atoms with Crippen molar-refractivity contribution < 1.29 is 9.53 Å². The summed E-state index contributed by atoms with van der Waals surface area (Å²) in [5.41, 5.74) is 7.09. The highest BCUT2D eigenvalue weighted by atomic mass is 16.5. The molecule has 0 radical (unpaired) electrons. The molecular weight excluding hydrogens is 240 g/mol. The SMILES string of the molecule is CNC(C)(CCCOc1cc(C)cc(C)c1)C(N)=O. The third-order valence-corrected chi connectivity index (χ3v) is 3.38. The first-order valence-corrected chi connectivity index (χ1v) is 6.57. The Labute approximate surface area is 115 Å². The standard InChI is InChI=1S/C15H24N2O2/c1-11-8-12(2)10-13(9-11)19-7-5-6-15(3,17-4)14(16)18/h8-10,17H,5-7H2,1-4H3,(H2,16,18). The first-order chi connectivity index (χ1) is 8.87. The molecule has 1 atom stereocenters. The molecule has 4 heteroatoms. The highest BCUT2D eigenvalue weighted by Crippen LogP contribution is 2.17. The molecule has 0 aliphatic carbocycles. The van der Waals surface area contributed by atoms with Crippen LogP contribution in [0.5, 0.6) is 5.75 Å². The number of nitrogens with two attached hydrogens (primary N) is 1. The number of benzene rings is 1. The first kappa shape index (κ1) is 15.5. The lowest BCUT2D eigenvalue weighted by Crippen LogP contribution is -2.51. The van der Waals surface area contributed by atoms with E-state index in [1.807, 2.05) is 32.9 Å². The Bertz CT molecular complexity index is 426. The number of likely N-dealkylation sites (N-methyl/N-ethyl adjacent to an activating group) is 1. The number of rotatable bonds is 7. The maximum absolute atomic E-state index is 11.3. The Morgan fingerprint density at radius 2 is 1.89 bits per heavy atom. The van der Waals surface area contributed by atoms with Crippen LogP contribution in [0.15, 0.2) is 18.2 Å². The molecule has 106 valence electrons. The molecule has 4 nitrogen and oxygen atoms in total. The third-order valence-electron chi connectivity index (χ3n) is 3.38. The van der Waals surface area contributed by atoms with Crippen LogP contribution in [-0.4, -0.2) is 25.1 Å². The van der Waals surface area contributed by atoms with Crippen LogP contribution in [0.25, 0.3) is 0 Å². The van der Waals surface area contributed by atoms with Gasteiger partial charge >= 0.3 is 0 Å². The van der Waals surface area contributed by atoms with Crippen LogP contribution in [0.4, 0.5) is 0 Å². The minimum absolute atomic E-state index is 0.332. The van der Waals surface area contributed by atoms with E-state index in [1.165, 1.54) is 11.1 Å². The summed E-state index contributed by atoms with van der Waals surface area (Å²) in [5, 5.41) is 2.96. The number of carbonyl (C=O) groups is 1. The molecule has 0 aliphatic rings. The molecule has 1 rings (SSSR count). The summed E-state index contributed by atoms with van der Waals surface area (Å²) in [6.45, 7) is 6.48. The molecule has 3 N–H and O–H groups in total. The van der Waals surface area contributed by atoms with Gasteiger partial charge in [0.1, 0.15) is 5.75 Å². The average Bonchev–Trinajstić information content (AvgIpc) is 2.33. The summed E-state index contributed by atoms with van der Waals surface area (Å²) in [6.07, 6.45) is 1.43. The first-order valence-electron chi connectivity index (χ1n) is 6.57. The predicted molar refractivity (Wildman–Crippen MR) is 77.3 cm³/mol. The lowest BCUT2D eigenvalue weighted by molar-refractivity contribution is -0.123. The van der Waals surface area contributed by atoms with E-state index < -0.39 is 5.54 Å². The van der Waals surface area contributed by atoms with Gasteiger partial charge in [-0.15, -0.1) is 0 Å². The number of hydrogen-bond acceptors (Lipinski definition) is 3. The van der Waals surface area contributed by atoms with E-state index in [0.29, 0.717) is 13.0 Å². The molecule has 0 aliphatic heterocycles. The van der Waals surface area contributed by atoms with Crippen LogP contribution < -0.4 is 15.8 Å². The number of hydrogen-bond donors (Lipinski definition) is 2. The summed E-state index contributed by atoms with van der Waals surface area (Å²) in [6, 6.07) is 6.13. The molecule has 1 aromatic rings. The molecule has 1 unspecified atom stereocenters. The Kier molecular flexibility index (Phi) is 5.36. The Hall–Kier alpha value is -1.55. The van der Waals surface area contributed by atoms with Crippen molar-refractivity contribution in [2.75, 3.05) is 13.7 Å².